The van der Waals surface area contributed by atoms with E-state index in [4.69, 9.17) is 0 Å². The van der Waals surface area contributed by atoms with Crippen LogP contribution in [0.1, 0.15) is 81.6 Å². The number of thioether (sulfide) groups is 1. The molecule has 0 aromatic rings. The first-order valence-electron chi connectivity index (χ1n) is 10.3. The molecule has 2 aliphatic rings. The topological polar surface area (TPSA) is 0 Å². The van der Waals surface area contributed by atoms with Crippen molar-refractivity contribution in [2.45, 2.75) is 86.3 Å². The second kappa shape index (κ2) is 7.38. The highest BCUT2D eigenvalue weighted by Crippen LogP contribution is 2.60. The summed E-state index contributed by atoms with van der Waals surface area (Å²) in [7, 11) is 0. The van der Waals surface area contributed by atoms with Gasteiger partial charge in [0.05, 0.1) is 4.75 Å². The minimum Gasteiger partial charge on any atom is -0.149 e. The smallest absolute Gasteiger partial charge is 0.0501 e. The Bertz CT molecular complexity index is 641. The first-order chi connectivity index (χ1) is 11.9. The van der Waals surface area contributed by atoms with Gasteiger partial charge in [-0.2, -0.15) is 0 Å². The van der Waals surface area contributed by atoms with Crippen molar-refractivity contribution in [3.8, 4) is 0 Å². The van der Waals surface area contributed by atoms with E-state index in [0.717, 1.165) is 12.8 Å². The van der Waals surface area contributed by atoms with E-state index < -0.39 is 0 Å². The van der Waals surface area contributed by atoms with Gasteiger partial charge in [0, 0.05) is 5.41 Å². The summed E-state index contributed by atoms with van der Waals surface area (Å²) in [5, 5.41) is 0. The van der Waals surface area contributed by atoms with E-state index in [1.807, 2.05) is 0 Å². The van der Waals surface area contributed by atoms with E-state index in [2.05, 4.69) is 104 Å². The Labute approximate surface area is 167 Å². The zero-order valence-corrected chi connectivity index (χ0v) is 19.4. The average Bonchev–Trinajstić information content (AvgIpc) is 3.05. The van der Waals surface area contributed by atoms with Gasteiger partial charge < -0.3 is 0 Å². The highest BCUT2D eigenvalue weighted by atomic mass is 32.2. The zero-order chi connectivity index (χ0) is 19.8. The molecule has 0 aliphatic heterocycles. The standard InChI is InChI=1S/C25H40S/c1-10-17-26-25(24(8,9)19-13-11-12-14-19)16-15-20(22(2,3)4)18-21(25)23(5,6)7/h11,13-15,18H,10,12,16-17H2,1-9H3. The number of hydrogen-bond acceptors (Lipinski definition) is 1. The van der Waals surface area contributed by atoms with Crippen LogP contribution in [0.2, 0.25) is 0 Å². The van der Waals surface area contributed by atoms with Gasteiger partial charge in [-0.25, -0.2) is 0 Å². The van der Waals surface area contributed by atoms with E-state index in [9.17, 15) is 0 Å². The maximum atomic E-state index is 2.56. The van der Waals surface area contributed by atoms with Gasteiger partial charge in [-0.15, -0.1) is 11.8 Å². The van der Waals surface area contributed by atoms with Crippen LogP contribution in [-0.2, 0) is 0 Å². The molecular weight excluding hydrogens is 332 g/mol. The third kappa shape index (κ3) is 3.93. The summed E-state index contributed by atoms with van der Waals surface area (Å²) >= 11 is 2.20. The van der Waals surface area contributed by atoms with Crippen molar-refractivity contribution >= 4 is 11.8 Å². The van der Waals surface area contributed by atoms with Crippen molar-refractivity contribution in [1.29, 1.82) is 0 Å². The van der Waals surface area contributed by atoms with E-state index >= 15 is 0 Å². The Morgan fingerprint density at radius 2 is 1.58 bits per heavy atom. The maximum absolute atomic E-state index is 2.56. The fourth-order valence-corrected chi connectivity index (χ4v) is 6.13. The minimum atomic E-state index is 0.110. The third-order valence-electron chi connectivity index (χ3n) is 6.07. The lowest BCUT2D eigenvalue weighted by atomic mass is 9.59. The Morgan fingerprint density at radius 3 is 2.04 bits per heavy atom. The molecule has 1 heteroatoms. The fraction of sp³-hybridized carbons (Fsp3) is 0.680. The van der Waals surface area contributed by atoms with Crippen LogP contribution in [0.3, 0.4) is 0 Å². The maximum Gasteiger partial charge on any atom is 0.0501 e. The van der Waals surface area contributed by atoms with E-state index in [-0.39, 0.29) is 21.0 Å². The molecule has 0 fully saturated rings. The molecule has 2 rings (SSSR count). The van der Waals surface area contributed by atoms with Gasteiger partial charge in [0.2, 0.25) is 0 Å². The van der Waals surface area contributed by atoms with Crippen LogP contribution in [-0.4, -0.2) is 10.5 Å². The Morgan fingerprint density at radius 1 is 0.923 bits per heavy atom. The molecule has 0 amide bonds. The Kier molecular flexibility index (Phi) is 6.13. The molecular formula is C25H40S. The van der Waals surface area contributed by atoms with Gasteiger partial charge in [-0.05, 0) is 52.6 Å². The fourth-order valence-electron chi connectivity index (χ4n) is 4.38. The number of allylic oxidation sites excluding steroid dienone is 7. The van der Waals surface area contributed by atoms with Gasteiger partial charge in [0.25, 0.3) is 0 Å². The van der Waals surface area contributed by atoms with Crippen LogP contribution in [0.25, 0.3) is 0 Å². The highest BCUT2D eigenvalue weighted by Gasteiger charge is 2.52. The number of rotatable bonds is 5. The van der Waals surface area contributed by atoms with Crippen LogP contribution in [0.5, 0.6) is 0 Å². The summed E-state index contributed by atoms with van der Waals surface area (Å²) in [6.07, 6.45) is 15.7. The third-order valence-corrected chi connectivity index (χ3v) is 8.08. The molecule has 2 aliphatic carbocycles. The summed E-state index contributed by atoms with van der Waals surface area (Å²) in [5.74, 6) is 1.21. The molecule has 0 saturated heterocycles. The van der Waals surface area contributed by atoms with Crippen LogP contribution in [0.15, 0.2) is 47.1 Å². The lowest BCUT2D eigenvalue weighted by Crippen LogP contribution is -2.49. The van der Waals surface area contributed by atoms with Gasteiger partial charge in [0.1, 0.15) is 0 Å². The highest BCUT2D eigenvalue weighted by molar-refractivity contribution is 8.00. The van der Waals surface area contributed by atoms with Crippen molar-refractivity contribution in [3.63, 3.8) is 0 Å². The molecule has 1 unspecified atom stereocenters. The zero-order valence-electron chi connectivity index (χ0n) is 18.6. The molecule has 1 atom stereocenters. The molecule has 26 heavy (non-hydrogen) atoms. The van der Waals surface area contributed by atoms with Crippen molar-refractivity contribution in [2.75, 3.05) is 5.75 Å². The minimum absolute atomic E-state index is 0.110. The van der Waals surface area contributed by atoms with E-state index in [1.165, 1.54) is 23.3 Å². The molecule has 0 radical (unpaired) electrons. The predicted octanol–water partition coefficient (Wildman–Crippen LogP) is 8.13. The van der Waals surface area contributed by atoms with E-state index in [0.29, 0.717) is 0 Å². The van der Waals surface area contributed by atoms with Crippen molar-refractivity contribution in [2.24, 2.45) is 16.2 Å². The van der Waals surface area contributed by atoms with Crippen LogP contribution >= 0.6 is 11.8 Å². The van der Waals surface area contributed by atoms with Gasteiger partial charge in [0.15, 0.2) is 0 Å². The summed E-state index contributed by atoms with van der Waals surface area (Å²) in [6.45, 7) is 21.5. The summed E-state index contributed by atoms with van der Waals surface area (Å²) in [5.41, 5.74) is 5.12. The summed E-state index contributed by atoms with van der Waals surface area (Å²) in [6, 6.07) is 0. The summed E-state index contributed by atoms with van der Waals surface area (Å²) in [4.78, 5) is 0. The molecule has 0 heterocycles. The molecule has 0 aromatic carbocycles. The SMILES string of the molecule is CCCSC1(C(C)(C)C2=CCC=C2)CC=C(C(C)(C)C)C=C1C(C)(C)C. The van der Waals surface area contributed by atoms with Crippen LogP contribution < -0.4 is 0 Å². The normalized spacial score (nSPS) is 24.4. The van der Waals surface area contributed by atoms with E-state index in [1.54, 1.807) is 5.57 Å². The van der Waals surface area contributed by atoms with Gasteiger partial charge in [-0.1, -0.05) is 92.7 Å². The lowest BCUT2D eigenvalue weighted by molar-refractivity contribution is 0.297. The first-order valence-corrected chi connectivity index (χ1v) is 11.3. The second-order valence-electron chi connectivity index (χ2n) is 10.5. The quantitative estimate of drug-likeness (QED) is 0.469. The number of hydrogen-bond donors (Lipinski definition) is 0. The predicted molar refractivity (Wildman–Crippen MR) is 121 cm³/mol. The molecule has 0 aromatic heterocycles. The monoisotopic (exact) mass is 372 g/mol. The van der Waals surface area contributed by atoms with Crippen molar-refractivity contribution in [1.82, 2.24) is 0 Å². The molecule has 146 valence electrons. The molecule has 0 saturated carbocycles. The largest absolute Gasteiger partial charge is 0.149 e. The Balaban J connectivity index is 2.65. The summed E-state index contributed by atoms with van der Waals surface area (Å²) < 4.78 is 0.122. The first kappa shape index (κ1) is 21.6. The van der Waals surface area contributed by atoms with Gasteiger partial charge >= 0.3 is 0 Å². The molecule has 0 bridgehead atoms. The van der Waals surface area contributed by atoms with Crippen molar-refractivity contribution < 1.29 is 0 Å². The Hall–Kier alpha value is -0.690. The molecule has 0 spiro atoms. The van der Waals surface area contributed by atoms with Gasteiger partial charge in [-0.3, -0.25) is 0 Å². The molecule has 0 nitrogen and oxygen atoms in total. The average molecular weight is 373 g/mol. The van der Waals surface area contributed by atoms with Crippen molar-refractivity contribution in [3.05, 3.63) is 47.1 Å². The lowest BCUT2D eigenvalue weighted by Gasteiger charge is -2.54. The van der Waals surface area contributed by atoms with Crippen LogP contribution in [0, 0.1) is 16.2 Å². The van der Waals surface area contributed by atoms with Crippen LogP contribution in [0.4, 0.5) is 0 Å². The second-order valence-corrected chi connectivity index (χ2v) is 11.9. The molecule has 0 N–H and O–H groups in total.